The fourth-order valence-corrected chi connectivity index (χ4v) is 4.15. The minimum atomic E-state index is -3.94. The average Bonchev–Trinajstić information content (AvgIpc) is 3.42. The molecule has 2 amide bonds. The van der Waals surface area contributed by atoms with Gasteiger partial charge < -0.3 is 15.2 Å². The number of anilines is 1. The number of carbonyl (C=O) groups excluding carboxylic acids is 2. The molecule has 0 saturated heterocycles. The minimum absolute atomic E-state index is 0.0207. The van der Waals surface area contributed by atoms with Crippen LogP contribution in [0.15, 0.2) is 33.7 Å². The van der Waals surface area contributed by atoms with E-state index in [1.807, 2.05) is 13.8 Å². The molecule has 2 atom stereocenters. The zero-order valence-electron chi connectivity index (χ0n) is 17.9. The Morgan fingerprint density at radius 1 is 1.13 bits per heavy atom. The summed E-state index contributed by atoms with van der Waals surface area (Å²) in [6.07, 6.45) is 2.06. The van der Waals surface area contributed by atoms with Crippen LogP contribution in [0.3, 0.4) is 0 Å². The number of nitrogens with zero attached hydrogens (tertiary/aromatic N) is 2. The number of benzene rings is 1. The Labute approximate surface area is 181 Å². The molecule has 1 aromatic heterocycles. The number of rotatable bonds is 9. The molecule has 2 aromatic rings. The maximum Gasteiger partial charge on any atom is 0.249 e. The molecular weight excluding hydrogens is 422 g/mol. The van der Waals surface area contributed by atoms with E-state index in [0.717, 1.165) is 12.8 Å². The third-order valence-electron chi connectivity index (χ3n) is 4.84. The van der Waals surface area contributed by atoms with E-state index in [4.69, 9.17) is 4.52 Å². The van der Waals surface area contributed by atoms with Crippen LogP contribution in [-0.2, 0) is 19.6 Å². The second-order valence-corrected chi connectivity index (χ2v) is 9.76. The second-order valence-electron chi connectivity index (χ2n) is 8.04. The molecule has 1 fully saturated rings. The largest absolute Gasteiger partial charge is 0.343 e. The van der Waals surface area contributed by atoms with Crippen LogP contribution < -0.4 is 15.4 Å². The Hall–Kier alpha value is -2.79. The van der Waals surface area contributed by atoms with Crippen LogP contribution in [-0.4, -0.2) is 36.4 Å². The molecule has 31 heavy (non-hydrogen) atoms. The summed E-state index contributed by atoms with van der Waals surface area (Å²) in [5.74, 6) is 0.470. The smallest absolute Gasteiger partial charge is 0.249 e. The highest BCUT2D eigenvalue weighted by molar-refractivity contribution is 7.89. The van der Waals surface area contributed by atoms with Crippen LogP contribution in [0.1, 0.15) is 64.2 Å². The lowest BCUT2D eigenvalue weighted by molar-refractivity contribution is -0.123. The van der Waals surface area contributed by atoms with Gasteiger partial charge in [0.15, 0.2) is 5.82 Å². The van der Waals surface area contributed by atoms with Crippen molar-refractivity contribution in [1.82, 2.24) is 20.2 Å². The number of nitrogens with one attached hydrogen (secondary N) is 3. The summed E-state index contributed by atoms with van der Waals surface area (Å²) in [5.41, 5.74) is 0.474. The minimum Gasteiger partial charge on any atom is -0.343 e. The van der Waals surface area contributed by atoms with Crippen molar-refractivity contribution in [1.29, 1.82) is 0 Å². The third kappa shape index (κ3) is 5.88. The van der Waals surface area contributed by atoms with Gasteiger partial charge >= 0.3 is 0 Å². The predicted molar refractivity (Wildman–Crippen MR) is 113 cm³/mol. The van der Waals surface area contributed by atoms with Crippen molar-refractivity contribution in [2.45, 2.75) is 63.4 Å². The average molecular weight is 450 g/mol. The van der Waals surface area contributed by atoms with E-state index in [2.05, 4.69) is 25.5 Å². The summed E-state index contributed by atoms with van der Waals surface area (Å²) in [4.78, 5) is 28.2. The van der Waals surface area contributed by atoms with Crippen LogP contribution in [0.5, 0.6) is 0 Å². The van der Waals surface area contributed by atoms with Crippen molar-refractivity contribution in [2.24, 2.45) is 5.92 Å². The molecule has 1 heterocycles. The lowest BCUT2D eigenvalue weighted by Crippen LogP contribution is -2.46. The van der Waals surface area contributed by atoms with Gasteiger partial charge in [0.1, 0.15) is 6.04 Å². The van der Waals surface area contributed by atoms with Crippen LogP contribution in [0.2, 0.25) is 0 Å². The first kappa shape index (κ1) is 22.9. The number of aromatic nitrogens is 2. The van der Waals surface area contributed by atoms with Crippen LogP contribution in [0.4, 0.5) is 5.69 Å². The Bertz CT molecular complexity index is 1040. The van der Waals surface area contributed by atoms with E-state index in [0.29, 0.717) is 23.3 Å². The molecule has 1 aromatic carbocycles. The molecule has 1 saturated carbocycles. The molecule has 168 valence electrons. The van der Waals surface area contributed by atoms with Gasteiger partial charge in [-0.25, -0.2) is 8.42 Å². The van der Waals surface area contributed by atoms with Gasteiger partial charge in [0, 0.05) is 18.5 Å². The summed E-state index contributed by atoms with van der Waals surface area (Å²) in [5, 5.41) is 9.35. The predicted octanol–water partition coefficient (Wildman–Crippen LogP) is 2.09. The molecule has 1 aliphatic carbocycles. The Morgan fingerprint density at radius 3 is 2.32 bits per heavy atom. The first-order valence-electron chi connectivity index (χ1n) is 10.1. The van der Waals surface area contributed by atoms with E-state index >= 15 is 0 Å². The first-order chi connectivity index (χ1) is 14.6. The van der Waals surface area contributed by atoms with Crippen molar-refractivity contribution in [3.63, 3.8) is 0 Å². The quantitative estimate of drug-likeness (QED) is 0.532. The zero-order valence-corrected chi connectivity index (χ0v) is 18.7. The molecule has 11 heteroatoms. The van der Waals surface area contributed by atoms with E-state index in [1.54, 1.807) is 0 Å². The molecule has 0 radical (unpaired) electrons. The summed E-state index contributed by atoms with van der Waals surface area (Å²) < 4.78 is 33.0. The summed E-state index contributed by atoms with van der Waals surface area (Å²) >= 11 is 0. The molecule has 0 spiro atoms. The maximum atomic E-state index is 12.7. The summed E-state index contributed by atoms with van der Waals surface area (Å²) in [7, 11) is -3.94. The van der Waals surface area contributed by atoms with Gasteiger partial charge in [-0.15, -0.1) is 0 Å². The highest BCUT2D eigenvalue weighted by Crippen LogP contribution is 2.38. The first-order valence-corrected chi connectivity index (χ1v) is 11.6. The molecule has 1 aliphatic rings. The van der Waals surface area contributed by atoms with Crippen molar-refractivity contribution < 1.29 is 22.5 Å². The van der Waals surface area contributed by atoms with Gasteiger partial charge in [-0.3, -0.25) is 9.59 Å². The summed E-state index contributed by atoms with van der Waals surface area (Å²) in [6.45, 7) is 6.62. The van der Waals surface area contributed by atoms with Gasteiger partial charge in [0.05, 0.1) is 10.9 Å². The molecule has 3 rings (SSSR count). The number of hydrogen-bond acceptors (Lipinski definition) is 7. The molecule has 0 bridgehead atoms. The number of amides is 2. The SMILES string of the molecule is CC(=O)Nc1ccc(S(=O)(=O)N[C@@H](C)C(=O)NC(c2nc(C3CC3)no2)C(C)C)cc1. The lowest BCUT2D eigenvalue weighted by Gasteiger charge is -2.21. The fourth-order valence-electron chi connectivity index (χ4n) is 2.95. The summed E-state index contributed by atoms with van der Waals surface area (Å²) in [6, 6.07) is 4.09. The normalized spacial score (nSPS) is 16.0. The van der Waals surface area contributed by atoms with Crippen molar-refractivity contribution in [3.05, 3.63) is 36.0 Å². The Morgan fingerprint density at radius 2 is 1.77 bits per heavy atom. The third-order valence-corrected chi connectivity index (χ3v) is 6.40. The highest BCUT2D eigenvalue weighted by Gasteiger charge is 2.32. The van der Waals surface area contributed by atoms with Gasteiger partial charge in [0.2, 0.25) is 27.7 Å². The molecule has 3 N–H and O–H groups in total. The van der Waals surface area contributed by atoms with E-state index in [-0.39, 0.29) is 16.7 Å². The highest BCUT2D eigenvalue weighted by atomic mass is 32.2. The van der Waals surface area contributed by atoms with Gasteiger partial charge in [0.25, 0.3) is 0 Å². The monoisotopic (exact) mass is 449 g/mol. The molecular formula is C20H27N5O5S. The lowest BCUT2D eigenvalue weighted by atomic mass is 10.0. The Kier molecular flexibility index (Phi) is 6.75. The van der Waals surface area contributed by atoms with Crippen LogP contribution >= 0.6 is 0 Å². The van der Waals surface area contributed by atoms with Crippen molar-refractivity contribution in [3.8, 4) is 0 Å². The van der Waals surface area contributed by atoms with E-state index in [9.17, 15) is 18.0 Å². The number of sulfonamides is 1. The molecule has 0 aliphatic heterocycles. The standard InChI is InChI=1S/C20H27N5O5S/c1-11(2)17(20-23-18(24-30-20)14-5-6-14)22-19(27)12(3)25-31(28,29)16-9-7-15(8-10-16)21-13(4)26/h7-12,14,17,25H,5-6H2,1-4H3,(H,21,26)(H,22,27)/t12-,17?/m0/s1. The molecule has 1 unspecified atom stereocenters. The van der Waals surface area contributed by atoms with Gasteiger partial charge in [-0.2, -0.15) is 9.71 Å². The van der Waals surface area contributed by atoms with Gasteiger partial charge in [-0.1, -0.05) is 19.0 Å². The number of carbonyl (C=O) groups is 2. The maximum absolute atomic E-state index is 12.7. The van der Waals surface area contributed by atoms with Crippen molar-refractivity contribution in [2.75, 3.05) is 5.32 Å². The van der Waals surface area contributed by atoms with Crippen molar-refractivity contribution >= 4 is 27.5 Å². The number of hydrogen-bond donors (Lipinski definition) is 3. The van der Waals surface area contributed by atoms with E-state index in [1.165, 1.54) is 38.1 Å². The van der Waals surface area contributed by atoms with Crippen LogP contribution in [0.25, 0.3) is 0 Å². The second kappa shape index (κ2) is 9.15. The van der Waals surface area contributed by atoms with Gasteiger partial charge in [-0.05, 0) is 49.9 Å². The zero-order chi connectivity index (χ0) is 22.8. The Balaban J connectivity index is 1.65. The topological polar surface area (TPSA) is 143 Å². The van der Waals surface area contributed by atoms with Crippen LogP contribution in [0, 0.1) is 5.92 Å². The van der Waals surface area contributed by atoms with E-state index < -0.39 is 28.0 Å². The fraction of sp³-hybridized carbons (Fsp3) is 0.500. The molecule has 10 nitrogen and oxygen atoms in total.